The number of nitrogens with zero attached hydrogens (tertiary/aromatic N) is 3. The first-order valence-corrected chi connectivity index (χ1v) is 8.49. The van der Waals surface area contributed by atoms with Crippen LogP contribution in [-0.4, -0.2) is 15.3 Å². The van der Waals surface area contributed by atoms with Gasteiger partial charge in [0.2, 0.25) is 0 Å². The predicted molar refractivity (Wildman–Crippen MR) is 100 cm³/mol. The first kappa shape index (κ1) is 16.1. The third-order valence-corrected chi connectivity index (χ3v) is 4.71. The number of fused-ring (bicyclic) bond motifs is 3. The maximum absolute atomic E-state index is 11.8. The van der Waals surface area contributed by atoms with Crippen LogP contribution in [0.1, 0.15) is 22.6 Å². The zero-order valence-electron chi connectivity index (χ0n) is 13.3. The molecule has 0 saturated heterocycles. The van der Waals surface area contributed by atoms with Crippen LogP contribution in [-0.2, 0) is 6.54 Å². The summed E-state index contributed by atoms with van der Waals surface area (Å²) in [6, 6.07) is 14.7. The summed E-state index contributed by atoms with van der Waals surface area (Å²) in [6.45, 7) is 2.16. The van der Waals surface area contributed by atoms with Crippen molar-refractivity contribution in [1.29, 1.82) is 0 Å². The van der Waals surface area contributed by atoms with E-state index in [9.17, 15) is 4.79 Å². The first-order chi connectivity index (χ1) is 12.0. The number of aliphatic imine (C=N–C) groups is 1. The van der Waals surface area contributed by atoms with E-state index >= 15 is 0 Å². The molecule has 25 heavy (non-hydrogen) atoms. The lowest BCUT2D eigenvalue weighted by Gasteiger charge is -2.16. The average molecular weight is 370 g/mol. The second-order valence-corrected chi connectivity index (χ2v) is 6.64. The van der Waals surface area contributed by atoms with Gasteiger partial charge < -0.3 is 4.57 Å². The van der Waals surface area contributed by atoms with Gasteiger partial charge in [0, 0.05) is 32.9 Å². The van der Waals surface area contributed by atoms with Crippen LogP contribution in [0.4, 0.5) is 0 Å². The normalized spacial score (nSPS) is 12.8. The molecule has 0 N–H and O–H groups in total. The van der Waals surface area contributed by atoms with Crippen molar-refractivity contribution in [1.82, 2.24) is 9.55 Å². The quantitative estimate of drug-likeness (QED) is 0.645. The van der Waals surface area contributed by atoms with Gasteiger partial charge in [-0.25, -0.2) is 0 Å². The largest absolute Gasteiger partial charge is 0.300 e. The second kappa shape index (κ2) is 6.14. The van der Waals surface area contributed by atoms with E-state index in [0.717, 1.165) is 28.2 Å². The van der Waals surface area contributed by atoms with Gasteiger partial charge in [-0.2, -0.15) is 4.98 Å². The summed E-state index contributed by atoms with van der Waals surface area (Å²) in [6.07, 6.45) is 0. The highest BCUT2D eigenvalue weighted by molar-refractivity contribution is 6.36. The van der Waals surface area contributed by atoms with Crippen molar-refractivity contribution in [3.63, 3.8) is 0 Å². The number of hydrogen-bond donors (Lipinski definition) is 0. The molecule has 1 aliphatic rings. The molecule has 0 atom stereocenters. The van der Waals surface area contributed by atoms with E-state index in [2.05, 4.69) is 4.98 Å². The molecule has 1 aliphatic heterocycles. The zero-order chi connectivity index (χ0) is 17.6. The summed E-state index contributed by atoms with van der Waals surface area (Å²) in [7, 11) is 0. The average Bonchev–Trinajstić information content (AvgIpc) is 2.72. The molecule has 0 radical (unpaired) electrons. The number of halogens is 2. The van der Waals surface area contributed by atoms with E-state index < -0.39 is 0 Å². The number of aromatic nitrogens is 2. The molecule has 4 nitrogen and oxygen atoms in total. The number of benzene rings is 2. The van der Waals surface area contributed by atoms with Gasteiger partial charge in [-0.15, -0.1) is 0 Å². The van der Waals surface area contributed by atoms with E-state index in [1.54, 1.807) is 0 Å². The van der Waals surface area contributed by atoms with Crippen LogP contribution < -0.4 is 5.56 Å². The third-order valence-electron chi connectivity index (χ3n) is 4.14. The smallest absolute Gasteiger partial charge is 0.273 e. The van der Waals surface area contributed by atoms with Crippen LogP contribution in [0.2, 0.25) is 10.0 Å². The van der Waals surface area contributed by atoms with Crippen LogP contribution >= 0.6 is 23.2 Å². The minimum Gasteiger partial charge on any atom is -0.300 e. The summed E-state index contributed by atoms with van der Waals surface area (Å²) >= 11 is 12.7. The van der Waals surface area contributed by atoms with Crippen LogP contribution in [0.5, 0.6) is 0 Å². The van der Waals surface area contributed by atoms with Crippen LogP contribution in [0.3, 0.4) is 0 Å². The summed E-state index contributed by atoms with van der Waals surface area (Å²) in [5.41, 5.74) is 3.82. The SMILES string of the molecule is Cc1cc(=O)nc2n1-c1ccc(Cl)cc1C(c1ccccc1Cl)=NC2. The molecule has 4 rings (SSSR count). The zero-order valence-corrected chi connectivity index (χ0v) is 14.8. The first-order valence-electron chi connectivity index (χ1n) is 7.74. The standard InChI is InChI=1S/C19H13Cl2N3O/c1-11-8-18(25)23-17-10-22-19(13-4-2-3-5-15(13)21)14-9-12(20)6-7-16(14)24(11)17/h2-9H,10H2,1H3. The van der Waals surface area contributed by atoms with E-state index in [1.165, 1.54) is 6.07 Å². The van der Waals surface area contributed by atoms with Crippen molar-refractivity contribution >= 4 is 28.9 Å². The third kappa shape index (κ3) is 2.77. The second-order valence-electron chi connectivity index (χ2n) is 5.79. The Labute approximate surface area is 154 Å². The lowest BCUT2D eigenvalue weighted by Crippen LogP contribution is -2.18. The molecule has 1 aromatic heterocycles. The molecular weight excluding hydrogens is 357 g/mol. The van der Waals surface area contributed by atoms with Gasteiger partial charge in [0.25, 0.3) is 5.56 Å². The molecule has 0 amide bonds. The highest BCUT2D eigenvalue weighted by Crippen LogP contribution is 2.29. The summed E-state index contributed by atoms with van der Waals surface area (Å²) in [5, 5.41) is 1.21. The Morgan fingerprint density at radius 3 is 2.64 bits per heavy atom. The van der Waals surface area contributed by atoms with Crippen LogP contribution in [0, 0.1) is 6.92 Å². The molecule has 0 unspecified atom stereocenters. The summed E-state index contributed by atoms with van der Waals surface area (Å²) in [5.74, 6) is 0.593. The van der Waals surface area contributed by atoms with Gasteiger partial charge >= 0.3 is 0 Å². The fraction of sp³-hybridized carbons (Fsp3) is 0.105. The summed E-state index contributed by atoms with van der Waals surface area (Å²) in [4.78, 5) is 20.7. The molecule has 3 aromatic rings. The Hall–Kier alpha value is -2.43. The maximum atomic E-state index is 11.8. The molecular formula is C19H13Cl2N3O. The van der Waals surface area contributed by atoms with Crippen molar-refractivity contribution in [2.24, 2.45) is 4.99 Å². The minimum absolute atomic E-state index is 0.268. The van der Waals surface area contributed by atoms with E-state index in [-0.39, 0.29) is 12.1 Å². The van der Waals surface area contributed by atoms with E-state index in [0.29, 0.717) is 15.9 Å². The Bertz CT molecular complexity index is 1090. The van der Waals surface area contributed by atoms with E-state index in [1.807, 2.05) is 54.0 Å². The minimum atomic E-state index is -0.268. The Morgan fingerprint density at radius 2 is 1.84 bits per heavy atom. The number of aryl methyl sites for hydroxylation is 1. The molecule has 0 fully saturated rings. The van der Waals surface area contributed by atoms with Gasteiger partial charge in [0.15, 0.2) is 0 Å². The Morgan fingerprint density at radius 1 is 1.04 bits per heavy atom. The van der Waals surface area contributed by atoms with E-state index in [4.69, 9.17) is 28.2 Å². The fourth-order valence-electron chi connectivity index (χ4n) is 3.10. The summed E-state index contributed by atoms with van der Waals surface area (Å²) < 4.78 is 1.94. The van der Waals surface area contributed by atoms with Gasteiger partial charge in [0.05, 0.1) is 17.9 Å². The number of rotatable bonds is 1. The van der Waals surface area contributed by atoms with Crippen molar-refractivity contribution < 1.29 is 0 Å². The van der Waals surface area contributed by atoms with Crippen LogP contribution in [0.15, 0.2) is 58.3 Å². The molecule has 0 bridgehead atoms. The van der Waals surface area contributed by atoms with Crippen molar-refractivity contribution in [2.75, 3.05) is 0 Å². The van der Waals surface area contributed by atoms with Gasteiger partial charge in [-0.1, -0.05) is 41.4 Å². The van der Waals surface area contributed by atoms with Gasteiger partial charge in [-0.05, 0) is 31.2 Å². The highest BCUT2D eigenvalue weighted by Gasteiger charge is 2.22. The van der Waals surface area contributed by atoms with Crippen molar-refractivity contribution in [3.05, 3.63) is 91.6 Å². The molecule has 0 spiro atoms. The Kier molecular flexibility index (Phi) is 3.94. The molecule has 124 valence electrons. The molecule has 2 heterocycles. The van der Waals surface area contributed by atoms with Crippen molar-refractivity contribution in [3.8, 4) is 5.69 Å². The lowest BCUT2D eigenvalue weighted by molar-refractivity contribution is 0.795. The molecule has 0 saturated carbocycles. The van der Waals surface area contributed by atoms with Gasteiger partial charge in [0.1, 0.15) is 5.82 Å². The molecule has 6 heteroatoms. The Balaban J connectivity index is 2.07. The molecule has 0 aliphatic carbocycles. The highest BCUT2D eigenvalue weighted by atomic mass is 35.5. The predicted octanol–water partition coefficient (Wildman–Crippen LogP) is 4.20. The van der Waals surface area contributed by atoms with Crippen molar-refractivity contribution in [2.45, 2.75) is 13.5 Å². The molecule has 2 aromatic carbocycles. The van der Waals surface area contributed by atoms with Gasteiger partial charge in [-0.3, -0.25) is 9.79 Å². The fourth-order valence-corrected chi connectivity index (χ4v) is 3.50. The topological polar surface area (TPSA) is 47.2 Å². The lowest BCUT2D eigenvalue weighted by atomic mass is 10.0. The number of hydrogen-bond acceptors (Lipinski definition) is 3. The monoisotopic (exact) mass is 369 g/mol. The maximum Gasteiger partial charge on any atom is 0.273 e. The van der Waals surface area contributed by atoms with Crippen LogP contribution in [0.25, 0.3) is 5.69 Å².